The van der Waals surface area contributed by atoms with Gasteiger partial charge in [-0.05, 0) is 31.5 Å². The van der Waals surface area contributed by atoms with Crippen LogP contribution in [0.2, 0.25) is 0 Å². The fourth-order valence-electron chi connectivity index (χ4n) is 1.25. The van der Waals surface area contributed by atoms with Crippen LogP contribution in [-0.4, -0.2) is 11.6 Å². The average molecular weight is 213 g/mol. The summed E-state index contributed by atoms with van der Waals surface area (Å²) in [6.07, 6.45) is 0. The Morgan fingerprint density at radius 2 is 2.21 bits per heavy atom. The van der Waals surface area contributed by atoms with Crippen molar-refractivity contribution in [1.82, 2.24) is 0 Å². The number of hydrogen-bond donors (Lipinski definition) is 1. The number of nitrogens with two attached hydrogens (primary N) is 1. The predicted octanol–water partition coefficient (Wildman–Crippen LogP) is 2.17. The molecule has 1 rings (SSSR count). The summed E-state index contributed by atoms with van der Waals surface area (Å²) < 4.78 is 18.4. The van der Waals surface area contributed by atoms with Crippen molar-refractivity contribution in [2.45, 2.75) is 13.8 Å². The van der Waals surface area contributed by atoms with Crippen LogP contribution in [0.25, 0.3) is 0 Å². The van der Waals surface area contributed by atoms with Gasteiger partial charge in [0.1, 0.15) is 16.6 Å². The topological polar surface area (TPSA) is 35.2 Å². The van der Waals surface area contributed by atoms with E-state index in [1.54, 1.807) is 6.92 Å². The highest BCUT2D eigenvalue weighted by Crippen LogP contribution is 2.24. The van der Waals surface area contributed by atoms with E-state index in [9.17, 15) is 4.39 Å². The Morgan fingerprint density at radius 3 is 2.71 bits per heavy atom. The third kappa shape index (κ3) is 2.20. The zero-order valence-electron chi connectivity index (χ0n) is 8.13. The minimum absolute atomic E-state index is 0.149. The Morgan fingerprint density at radius 1 is 1.57 bits per heavy atom. The summed E-state index contributed by atoms with van der Waals surface area (Å²) in [5.41, 5.74) is 6.63. The third-order valence-corrected chi connectivity index (χ3v) is 2.01. The van der Waals surface area contributed by atoms with E-state index in [1.807, 2.05) is 6.92 Å². The molecule has 0 unspecified atom stereocenters. The summed E-state index contributed by atoms with van der Waals surface area (Å²) in [5.74, 6) is 0.218. The van der Waals surface area contributed by atoms with E-state index >= 15 is 0 Å². The lowest BCUT2D eigenvalue weighted by Gasteiger charge is -2.12. The lowest BCUT2D eigenvalue weighted by atomic mass is 10.1. The molecule has 14 heavy (non-hydrogen) atoms. The summed E-state index contributed by atoms with van der Waals surface area (Å²) in [6, 6.07) is 2.69. The van der Waals surface area contributed by atoms with Crippen molar-refractivity contribution in [1.29, 1.82) is 0 Å². The Kier molecular flexibility index (Phi) is 3.41. The highest BCUT2D eigenvalue weighted by molar-refractivity contribution is 7.80. The number of halogens is 1. The number of rotatable bonds is 3. The van der Waals surface area contributed by atoms with Gasteiger partial charge in [-0.1, -0.05) is 12.2 Å². The van der Waals surface area contributed by atoms with Crippen molar-refractivity contribution >= 4 is 17.2 Å². The maximum absolute atomic E-state index is 13.0. The van der Waals surface area contributed by atoms with E-state index in [0.29, 0.717) is 23.5 Å². The van der Waals surface area contributed by atoms with Crippen molar-refractivity contribution in [3.05, 3.63) is 29.1 Å². The molecule has 4 heteroatoms. The first kappa shape index (κ1) is 10.9. The lowest BCUT2D eigenvalue weighted by molar-refractivity contribution is 0.336. The first-order valence-electron chi connectivity index (χ1n) is 4.29. The van der Waals surface area contributed by atoms with E-state index in [1.165, 1.54) is 12.1 Å². The molecule has 0 radical (unpaired) electrons. The molecule has 0 aliphatic heterocycles. The molecule has 0 aromatic heterocycles. The predicted molar refractivity (Wildman–Crippen MR) is 58.2 cm³/mol. The standard InChI is InChI=1S/C10H12FNOS/c1-3-13-9-6(2)4-7(11)5-8(9)10(12)14/h4-5H,3H2,1-2H3,(H2,12,14). The molecule has 0 heterocycles. The molecule has 2 N–H and O–H groups in total. The summed E-state index contributed by atoms with van der Waals surface area (Å²) >= 11 is 4.81. The average Bonchev–Trinajstić information content (AvgIpc) is 2.09. The molecule has 0 saturated carbocycles. The summed E-state index contributed by atoms with van der Waals surface area (Å²) in [6.45, 7) is 4.12. The zero-order valence-corrected chi connectivity index (χ0v) is 8.95. The number of ether oxygens (including phenoxy) is 1. The van der Waals surface area contributed by atoms with Crippen molar-refractivity contribution < 1.29 is 9.13 Å². The number of thiocarbonyl (C=S) groups is 1. The highest BCUT2D eigenvalue weighted by Gasteiger charge is 2.11. The molecule has 1 aromatic rings. The van der Waals surface area contributed by atoms with Crippen molar-refractivity contribution in [2.75, 3.05) is 6.61 Å². The van der Waals surface area contributed by atoms with Crippen molar-refractivity contribution in [3.8, 4) is 5.75 Å². The zero-order chi connectivity index (χ0) is 10.7. The van der Waals surface area contributed by atoms with Crippen LogP contribution in [0, 0.1) is 12.7 Å². The van der Waals surface area contributed by atoms with Gasteiger partial charge in [0.2, 0.25) is 0 Å². The summed E-state index contributed by atoms with van der Waals surface area (Å²) in [4.78, 5) is 0.149. The fraction of sp³-hybridized carbons (Fsp3) is 0.300. The quantitative estimate of drug-likeness (QED) is 0.781. The monoisotopic (exact) mass is 213 g/mol. The molecule has 0 spiro atoms. The van der Waals surface area contributed by atoms with E-state index in [2.05, 4.69) is 0 Å². The molecule has 0 bridgehead atoms. The summed E-state index contributed by atoms with van der Waals surface area (Å²) in [7, 11) is 0. The molecular weight excluding hydrogens is 201 g/mol. The molecule has 0 fully saturated rings. The van der Waals surface area contributed by atoms with Crippen LogP contribution in [0.4, 0.5) is 4.39 Å². The number of hydrogen-bond acceptors (Lipinski definition) is 2. The maximum Gasteiger partial charge on any atom is 0.132 e. The highest BCUT2D eigenvalue weighted by atomic mass is 32.1. The van der Waals surface area contributed by atoms with Crippen LogP contribution in [0.15, 0.2) is 12.1 Å². The van der Waals surface area contributed by atoms with E-state index in [0.717, 1.165) is 0 Å². The van der Waals surface area contributed by atoms with Gasteiger partial charge in [-0.15, -0.1) is 0 Å². The Labute approximate surface area is 87.9 Å². The van der Waals surface area contributed by atoms with Gasteiger partial charge in [0, 0.05) is 0 Å². The Balaban J connectivity index is 3.28. The van der Waals surface area contributed by atoms with E-state index < -0.39 is 0 Å². The molecule has 0 saturated heterocycles. The molecular formula is C10H12FNOS. The Bertz CT molecular complexity index is 365. The Hall–Kier alpha value is -1.16. The minimum atomic E-state index is -0.353. The van der Waals surface area contributed by atoms with E-state index in [-0.39, 0.29) is 10.8 Å². The van der Waals surface area contributed by atoms with Gasteiger partial charge in [0.05, 0.1) is 12.2 Å². The SMILES string of the molecule is CCOc1c(C)cc(F)cc1C(N)=S. The van der Waals surface area contributed by atoms with Gasteiger partial charge >= 0.3 is 0 Å². The first-order chi connectivity index (χ1) is 6.56. The van der Waals surface area contributed by atoms with Crippen LogP contribution in [0.5, 0.6) is 5.75 Å². The van der Waals surface area contributed by atoms with Gasteiger partial charge in [-0.2, -0.15) is 0 Å². The second-order valence-electron chi connectivity index (χ2n) is 2.90. The van der Waals surface area contributed by atoms with Crippen molar-refractivity contribution in [3.63, 3.8) is 0 Å². The fourth-order valence-corrected chi connectivity index (χ4v) is 1.40. The molecule has 0 atom stereocenters. The molecule has 0 aliphatic carbocycles. The third-order valence-electron chi connectivity index (χ3n) is 1.79. The minimum Gasteiger partial charge on any atom is -0.493 e. The molecule has 76 valence electrons. The molecule has 0 aliphatic rings. The largest absolute Gasteiger partial charge is 0.493 e. The van der Waals surface area contributed by atoms with Crippen LogP contribution in [-0.2, 0) is 0 Å². The van der Waals surface area contributed by atoms with E-state index in [4.69, 9.17) is 22.7 Å². The maximum atomic E-state index is 13.0. The van der Waals surface area contributed by atoms with Gasteiger partial charge in [-0.25, -0.2) is 4.39 Å². The molecule has 1 aromatic carbocycles. The summed E-state index contributed by atoms with van der Waals surface area (Å²) in [5, 5.41) is 0. The van der Waals surface area contributed by atoms with Crippen LogP contribution < -0.4 is 10.5 Å². The second kappa shape index (κ2) is 4.37. The van der Waals surface area contributed by atoms with Crippen LogP contribution in [0.1, 0.15) is 18.1 Å². The number of aryl methyl sites for hydroxylation is 1. The van der Waals surface area contributed by atoms with Crippen LogP contribution >= 0.6 is 12.2 Å². The normalized spacial score (nSPS) is 9.93. The first-order valence-corrected chi connectivity index (χ1v) is 4.69. The molecule has 2 nitrogen and oxygen atoms in total. The van der Waals surface area contributed by atoms with Gasteiger partial charge in [0.15, 0.2) is 0 Å². The van der Waals surface area contributed by atoms with Gasteiger partial charge < -0.3 is 10.5 Å². The van der Waals surface area contributed by atoms with Gasteiger partial charge in [-0.3, -0.25) is 0 Å². The second-order valence-corrected chi connectivity index (χ2v) is 3.34. The van der Waals surface area contributed by atoms with Gasteiger partial charge in [0.25, 0.3) is 0 Å². The molecule has 0 amide bonds. The van der Waals surface area contributed by atoms with Crippen LogP contribution in [0.3, 0.4) is 0 Å². The smallest absolute Gasteiger partial charge is 0.132 e. The van der Waals surface area contributed by atoms with Crippen molar-refractivity contribution in [2.24, 2.45) is 5.73 Å². The lowest BCUT2D eigenvalue weighted by Crippen LogP contribution is -2.13. The number of benzene rings is 1.